The number of aromatic nitrogens is 1. The molecular formula is C24H30N4O3S. The third kappa shape index (κ3) is 4.08. The Morgan fingerprint density at radius 2 is 1.75 bits per heavy atom. The summed E-state index contributed by atoms with van der Waals surface area (Å²) < 4.78 is 26.1. The zero-order chi connectivity index (χ0) is 22.5. The van der Waals surface area contributed by atoms with Crippen molar-refractivity contribution in [1.82, 2.24) is 9.88 Å². The highest BCUT2D eigenvalue weighted by Gasteiger charge is 2.34. The molecule has 1 aliphatic carbocycles. The minimum Gasteiger partial charge on any atom is -0.353 e. The number of aryl methyl sites for hydroxylation is 1. The Hall–Kier alpha value is -2.61. The van der Waals surface area contributed by atoms with Crippen LogP contribution in [0.4, 0.5) is 11.5 Å². The first kappa shape index (κ1) is 21.2. The highest BCUT2D eigenvalue weighted by molar-refractivity contribution is 7.93. The van der Waals surface area contributed by atoms with Crippen molar-refractivity contribution in [2.75, 3.05) is 47.7 Å². The van der Waals surface area contributed by atoms with E-state index in [1.54, 1.807) is 24.3 Å². The minimum atomic E-state index is -3.26. The number of anilines is 2. The summed E-state index contributed by atoms with van der Waals surface area (Å²) in [6, 6.07) is 9.23. The summed E-state index contributed by atoms with van der Waals surface area (Å²) in [4.78, 5) is 21.9. The highest BCUT2D eigenvalue weighted by Crippen LogP contribution is 2.40. The van der Waals surface area contributed by atoms with Gasteiger partial charge < -0.3 is 9.80 Å². The van der Waals surface area contributed by atoms with Gasteiger partial charge in [0.1, 0.15) is 5.82 Å². The smallest absolute Gasteiger partial charge is 0.253 e. The number of nitrogens with zero attached hydrogens (tertiary/aromatic N) is 4. The van der Waals surface area contributed by atoms with E-state index in [-0.39, 0.29) is 17.6 Å². The lowest BCUT2D eigenvalue weighted by atomic mass is 10.1. The van der Waals surface area contributed by atoms with Crippen molar-refractivity contribution in [1.29, 1.82) is 0 Å². The van der Waals surface area contributed by atoms with Gasteiger partial charge in [-0.3, -0.25) is 9.10 Å². The van der Waals surface area contributed by atoms with E-state index >= 15 is 0 Å². The summed E-state index contributed by atoms with van der Waals surface area (Å²) in [5.41, 5.74) is 3.78. The Bertz CT molecular complexity index is 1120. The van der Waals surface area contributed by atoms with Gasteiger partial charge in [0.2, 0.25) is 10.0 Å². The maximum Gasteiger partial charge on any atom is 0.253 e. The maximum atomic E-state index is 13.0. The predicted molar refractivity (Wildman–Crippen MR) is 126 cm³/mol. The number of amides is 1. The first-order chi connectivity index (χ1) is 15.3. The number of carbonyl (C=O) groups is 1. The summed E-state index contributed by atoms with van der Waals surface area (Å²) in [5, 5.41) is 0. The largest absolute Gasteiger partial charge is 0.353 e. The molecule has 0 radical (unpaired) electrons. The van der Waals surface area contributed by atoms with Gasteiger partial charge in [-0.25, -0.2) is 13.4 Å². The Labute approximate surface area is 190 Å². The second-order valence-corrected chi connectivity index (χ2v) is 11.4. The van der Waals surface area contributed by atoms with Crippen molar-refractivity contribution in [3.63, 3.8) is 0 Å². The normalized spacial score (nSPS) is 22.9. The van der Waals surface area contributed by atoms with Crippen LogP contribution in [0.5, 0.6) is 0 Å². The van der Waals surface area contributed by atoms with Gasteiger partial charge in [0, 0.05) is 44.5 Å². The number of benzene rings is 1. The Balaban J connectivity index is 1.22. The molecule has 1 aromatic heterocycles. The van der Waals surface area contributed by atoms with Gasteiger partial charge in [0.25, 0.3) is 5.91 Å². The number of pyridine rings is 1. The summed E-state index contributed by atoms with van der Waals surface area (Å²) >= 11 is 0. The van der Waals surface area contributed by atoms with Crippen LogP contribution in [0.15, 0.2) is 36.5 Å². The minimum absolute atomic E-state index is 0.0115. The Morgan fingerprint density at radius 1 is 1.06 bits per heavy atom. The monoisotopic (exact) mass is 454 g/mol. The molecule has 0 N–H and O–H groups in total. The number of sulfonamides is 1. The van der Waals surface area contributed by atoms with Crippen LogP contribution in [0, 0.1) is 12.8 Å². The average molecular weight is 455 g/mol. The van der Waals surface area contributed by atoms with Gasteiger partial charge in [-0.05, 0) is 67.0 Å². The summed E-state index contributed by atoms with van der Waals surface area (Å²) in [7, 11) is -3.26. The number of rotatable bonds is 4. The molecule has 3 heterocycles. The molecule has 3 aliphatic rings. The molecule has 170 valence electrons. The molecule has 2 aliphatic heterocycles. The van der Waals surface area contributed by atoms with E-state index in [2.05, 4.69) is 17.9 Å². The van der Waals surface area contributed by atoms with Crippen molar-refractivity contribution in [3.8, 4) is 0 Å². The van der Waals surface area contributed by atoms with Gasteiger partial charge in [0.05, 0.1) is 11.4 Å². The first-order valence-corrected chi connectivity index (χ1v) is 13.0. The van der Waals surface area contributed by atoms with Gasteiger partial charge in [0.15, 0.2) is 0 Å². The van der Waals surface area contributed by atoms with Gasteiger partial charge in [-0.1, -0.05) is 13.0 Å². The topological polar surface area (TPSA) is 73.8 Å². The van der Waals surface area contributed by atoms with Crippen LogP contribution in [-0.4, -0.2) is 62.7 Å². The third-order valence-corrected chi connectivity index (χ3v) is 8.72. The fourth-order valence-corrected chi connectivity index (χ4v) is 6.73. The number of piperazine rings is 1. The molecule has 2 saturated heterocycles. The molecule has 32 heavy (non-hydrogen) atoms. The van der Waals surface area contributed by atoms with E-state index in [4.69, 9.17) is 4.98 Å². The van der Waals surface area contributed by atoms with Crippen molar-refractivity contribution in [2.45, 2.75) is 32.6 Å². The average Bonchev–Trinajstić information content (AvgIpc) is 3.58. The lowest BCUT2D eigenvalue weighted by molar-refractivity contribution is 0.0746. The molecule has 0 bridgehead atoms. The van der Waals surface area contributed by atoms with E-state index in [1.807, 2.05) is 18.0 Å². The van der Waals surface area contributed by atoms with E-state index in [1.165, 1.54) is 28.3 Å². The van der Waals surface area contributed by atoms with Crippen LogP contribution >= 0.6 is 0 Å². The third-order valence-electron chi connectivity index (χ3n) is 6.70. The molecule has 1 saturated carbocycles. The lowest BCUT2D eigenvalue weighted by Gasteiger charge is -2.36. The molecular weight excluding hydrogens is 424 g/mol. The second kappa shape index (κ2) is 8.06. The molecule has 5 rings (SSSR count). The van der Waals surface area contributed by atoms with E-state index in [0.29, 0.717) is 36.8 Å². The SMILES string of the molecule is Cc1cc(C2CC2)cnc1N1CCN(C(=O)c2ccc(N3CC(C)CS3(=O)=O)cc2)CC1. The van der Waals surface area contributed by atoms with Crippen molar-refractivity contribution >= 4 is 27.4 Å². The van der Waals surface area contributed by atoms with Crippen LogP contribution < -0.4 is 9.21 Å². The van der Waals surface area contributed by atoms with E-state index < -0.39 is 10.0 Å². The van der Waals surface area contributed by atoms with Crippen molar-refractivity contribution in [2.24, 2.45) is 5.92 Å². The molecule has 7 nitrogen and oxygen atoms in total. The molecule has 1 amide bonds. The van der Waals surface area contributed by atoms with Crippen LogP contribution in [0.3, 0.4) is 0 Å². The van der Waals surface area contributed by atoms with E-state index in [0.717, 1.165) is 18.9 Å². The summed E-state index contributed by atoms with van der Waals surface area (Å²) in [6.07, 6.45) is 4.56. The summed E-state index contributed by atoms with van der Waals surface area (Å²) in [5.74, 6) is 2.00. The van der Waals surface area contributed by atoms with Gasteiger partial charge in [-0.2, -0.15) is 0 Å². The maximum absolute atomic E-state index is 13.0. The fourth-order valence-electron chi connectivity index (χ4n) is 4.80. The highest BCUT2D eigenvalue weighted by atomic mass is 32.2. The lowest BCUT2D eigenvalue weighted by Crippen LogP contribution is -2.49. The standard InChI is InChI=1S/C24H30N4O3S/c1-17-15-28(32(30,31)16-17)22-7-5-20(6-8-22)24(29)27-11-9-26(10-12-27)23-18(2)13-21(14-25-23)19-3-4-19/h5-8,13-14,17,19H,3-4,9-12,15-16H2,1-2H3. The fraction of sp³-hybridized carbons (Fsp3) is 0.500. The second-order valence-electron chi connectivity index (χ2n) is 9.42. The molecule has 1 unspecified atom stereocenters. The Morgan fingerprint density at radius 3 is 2.31 bits per heavy atom. The zero-order valence-electron chi connectivity index (χ0n) is 18.7. The van der Waals surface area contributed by atoms with Crippen LogP contribution in [0.2, 0.25) is 0 Å². The zero-order valence-corrected chi connectivity index (χ0v) is 19.5. The quantitative estimate of drug-likeness (QED) is 0.710. The van der Waals surface area contributed by atoms with Gasteiger partial charge in [-0.15, -0.1) is 0 Å². The number of carbonyl (C=O) groups excluding carboxylic acids is 1. The van der Waals surface area contributed by atoms with Crippen LogP contribution in [0.25, 0.3) is 0 Å². The molecule has 0 spiro atoms. The molecule has 2 aromatic rings. The molecule has 8 heteroatoms. The Kier molecular flexibility index (Phi) is 5.35. The summed E-state index contributed by atoms with van der Waals surface area (Å²) in [6.45, 7) is 7.34. The first-order valence-electron chi connectivity index (χ1n) is 11.4. The predicted octanol–water partition coefficient (Wildman–Crippen LogP) is 3.02. The van der Waals surface area contributed by atoms with Gasteiger partial charge >= 0.3 is 0 Å². The van der Waals surface area contributed by atoms with Crippen molar-refractivity contribution in [3.05, 3.63) is 53.2 Å². The van der Waals surface area contributed by atoms with Crippen LogP contribution in [-0.2, 0) is 10.0 Å². The van der Waals surface area contributed by atoms with Crippen LogP contribution in [0.1, 0.15) is 47.2 Å². The molecule has 3 fully saturated rings. The van der Waals surface area contributed by atoms with Crippen molar-refractivity contribution < 1.29 is 13.2 Å². The molecule has 1 aromatic carbocycles. The van der Waals surface area contributed by atoms with E-state index in [9.17, 15) is 13.2 Å². The molecule has 1 atom stereocenters. The number of hydrogen-bond acceptors (Lipinski definition) is 5. The number of hydrogen-bond donors (Lipinski definition) is 0.